The first kappa shape index (κ1) is 18.1. The molecule has 1 fully saturated rings. The van der Waals surface area contributed by atoms with Crippen molar-refractivity contribution in [1.29, 1.82) is 0 Å². The van der Waals surface area contributed by atoms with Crippen molar-refractivity contribution in [1.82, 2.24) is 20.3 Å². The second-order valence-electron chi connectivity index (χ2n) is 6.75. The molecule has 0 spiro atoms. The first-order valence-electron chi connectivity index (χ1n) is 9.18. The van der Waals surface area contributed by atoms with Crippen LogP contribution in [0.25, 0.3) is 22.3 Å². The highest BCUT2D eigenvalue weighted by Gasteiger charge is 2.22. The number of nitrogen functional groups attached to an aromatic ring is 1. The maximum atomic E-state index is 11.9. The molecule has 0 aliphatic carbocycles. The van der Waals surface area contributed by atoms with E-state index in [2.05, 4.69) is 27.1 Å². The van der Waals surface area contributed by atoms with Crippen LogP contribution in [0.1, 0.15) is 17.3 Å². The molecular formula is C20H22N6O2. The summed E-state index contributed by atoms with van der Waals surface area (Å²) in [6.45, 7) is 4.03. The highest BCUT2D eigenvalue weighted by atomic mass is 16.5. The summed E-state index contributed by atoms with van der Waals surface area (Å²) in [6, 6.07) is 11.2. The van der Waals surface area contributed by atoms with E-state index in [1.54, 1.807) is 13.1 Å². The Hall–Kier alpha value is -3.26. The number of nitrogens with one attached hydrogen (secondary N) is 1. The summed E-state index contributed by atoms with van der Waals surface area (Å²) in [5, 5.41) is 3.34. The summed E-state index contributed by atoms with van der Waals surface area (Å²) in [7, 11) is 1.61. The number of ether oxygens (including phenoxy) is 1. The number of amides is 1. The molecule has 28 heavy (non-hydrogen) atoms. The number of carbonyl (C=O) groups is 1. The Bertz CT molecular complexity index is 1040. The third-order valence-electron chi connectivity index (χ3n) is 4.85. The van der Waals surface area contributed by atoms with E-state index in [1.165, 1.54) is 0 Å². The summed E-state index contributed by atoms with van der Waals surface area (Å²) in [4.78, 5) is 27.8. The van der Waals surface area contributed by atoms with Crippen molar-refractivity contribution in [2.45, 2.75) is 13.0 Å². The second kappa shape index (κ2) is 7.40. The molecular weight excluding hydrogens is 356 g/mol. The summed E-state index contributed by atoms with van der Waals surface area (Å²) in [5.74, 6) is 0.819. The number of anilines is 2. The minimum Gasteiger partial charge on any atom is -0.383 e. The Balaban J connectivity index is 1.77. The third-order valence-corrected chi connectivity index (χ3v) is 4.85. The van der Waals surface area contributed by atoms with Gasteiger partial charge in [0.1, 0.15) is 5.82 Å². The average Bonchev–Trinajstić information content (AvgIpc) is 2.73. The van der Waals surface area contributed by atoms with Crippen molar-refractivity contribution in [3.63, 3.8) is 0 Å². The van der Waals surface area contributed by atoms with Gasteiger partial charge in [0.15, 0.2) is 5.65 Å². The first-order valence-corrected chi connectivity index (χ1v) is 9.18. The van der Waals surface area contributed by atoms with Crippen molar-refractivity contribution in [3.8, 4) is 11.3 Å². The molecule has 1 aliphatic heterocycles. The fourth-order valence-electron chi connectivity index (χ4n) is 3.30. The maximum Gasteiger partial charge on any atom is 0.251 e. The average molecular weight is 378 g/mol. The number of nitrogens with zero attached hydrogens (tertiary/aromatic N) is 4. The van der Waals surface area contributed by atoms with Crippen molar-refractivity contribution >= 4 is 28.7 Å². The zero-order chi connectivity index (χ0) is 19.7. The molecule has 1 amide bonds. The monoisotopic (exact) mass is 378 g/mol. The van der Waals surface area contributed by atoms with E-state index < -0.39 is 0 Å². The summed E-state index contributed by atoms with van der Waals surface area (Å²) in [6.07, 6.45) is 0. The number of rotatable bonds is 3. The van der Waals surface area contributed by atoms with Gasteiger partial charge >= 0.3 is 0 Å². The van der Waals surface area contributed by atoms with Crippen LogP contribution < -0.4 is 16.0 Å². The Morgan fingerprint density at radius 3 is 2.89 bits per heavy atom. The van der Waals surface area contributed by atoms with E-state index >= 15 is 0 Å². The lowest BCUT2D eigenvalue weighted by Crippen LogP contribution is -2.44. The van der Waals surface area contributed by atoms with E-state index in [4.69, 9.17) is 15.5 Å². The molecule has 0 saturated carbocycles. The molecule has 3 heterocycles. The van der Waals surface area contributed by atoms with Crippen LogP contribution in [0.4, 0.5) is 11.8 Å². The van der Waals surface area contributed by atoms with Gasteiger partial charge in [-0.3, -0.25) is 4.79 Å². The first-order chi connectivity index (χ1) is 13.6. The molecule has 1 saturated heterocycles. The number of benzene rings is 1. The van der Waals surface area contributed by atoms with Crippen LogP contribution in [-0.4, -0.2) is 53.7 Å². The zero-order valence-corrected chi connectivity index (χ0v) is 15.8. The fourth-order valence-corrected chi connectivity index (χ4v) is 3.30. The quantitative estimate of drug-likeness (QED) is 0.716. The van der Waals surface area contributed by atoms with Crippen LogP contribution in [0, 0.1) is 0 Å². The predicted molar refractivity (Wildman–Crippen MR) is 108 cm³/mol. The number of carbonyl (C=O) groups excluding carboxylic acids is 1. The minimum absolute atomic E-state index is 0.141. The molecule has 8 heteroatoms. The second-order valence-corrected chi connectivity index (χ2v) is 6.75. The topological polar surface area (TPSA) is 106 Å². The number of fused-ring (bicyclic) bond motifs is 1. The van der Waals surface area contributed by atoms with Crippen molar-refractivity contribution in [3.05, 3.63) is 42.0 Å². The van der Waals surface area contributed by atoms with E-state index in [0.717, 1.165) is 11.3 Å². The highest BCUT2D eigenvalue weighted by molar-refractivity contribution is 5.95. The smallest absolute Gasteiger partial charge is 0.251 e. The van der Waals surface area contributed by atoms with Crippen LogP contribution in [0.5, 0.6) is 0 Å². The Morgan fingerprint density at radius 1 is 1.25 bits per heavy atom. The standard InChI is InChI=1S/C20H22N6O2/c1-12-11-28-9-8-26(12)20-24-17(21)15-6-7-16(23-18(15)25-20)13-4-3-5-14(10-13)19(27)22-2/h3-7,10,12H,8-9,11H2,1-2H3,(H,22,27)(H2,21,23,24,25)/t12-/m0/s1. The van der Waals surface area contributed by atoms with Gasteiger partial charge in [0.2, 0.25) is 5.95 Å². The molecule has 1 atom stereocenters. The van der Waals surface area contributed by atoms with Gasteiger partial charge in [0.25, 0.3) is 5.91 Å². The maximum absolute atomic E-state index is 11.9. The van der Waals surface area contributed by atoms with E-state index in [9.17, 15) is 4.79 Å². The van der Waals surface area contributed by atoms with Crippen molar-refractivity contribution in [2.75, 3.05) is 37.4 Å². The Labute approximate surface area is 162 Å². The van der Waals surface area contributed by atoms with Gasteiger partial charge in [-0.05, 0) is 31.2 Å². The van der Waals surface area contributed by atoms with Crippen LogP contribution >= 0.6 is 0 Å². The molecule has 8 nitrogen and oxygen atoms in total. The largest absolute Gasteiger partial charge is 0.383 e. The van der Waals surface area contributed by atoms with Crippen LogP contribution in [0.2, 0.25) is 0 Å². The molecule has 2 aromatic heterocycles. The molecule has 3 aromatic rings. The van der Waals surface area contributed by atoms with Crippen LogP contribution in [0.15, 0.2) is 36.4 Å². The number of pyridine rings is 1. The van der Waals surface area contributed by atoms with Gasteiger partial charge < -0.3 is 20.7 Å². The van der Waals surface area contributed by atoms with Crippen molar-refractivity contribution < 1.29 is 9.53 Å². The zero-order valence-electron chi connectivity index (χ0n) is 15.8. The number of nitrogens with two attached hydrogens (primary N) is 1. The molecule has 1 aromatic carbocycles. The van der Waals surface area contributed by atoms with Gasteiger partial charge in [0, 0.05) is 24.7 Å². The number of hydrogen-bond donors (Lipinski definition) is 2. The lowest BCUT2D eigenvalue weighted by Gasteiger charge is -2.33. The van der Waals surface area contributed by atoms with Gasteiger partial charge in [-0.15, -0.1) is 0 Å². The normalized spacial score (nSPS) is 16.9. The lowest BCUT2D eigenvalue weighted by molar-refractivity contribution is 0.0963. The third kappa shape index (κ3) is 3.34. The SMILES string of the molecule is CNC(=O)c1cccc(-c2ccc3c(N)nc(N4CCOC[C@@H]4C)nc3n2)c1. The van der Waals surface area contributed by atoms with Gasteiger partial charge in [-0.2, -0.15) is 9.97 Å². The summed E-state index contributed by atoms with van der Waals surface area (Å²) >= 11 is 0. The lowest BCUT2D eigenvalue weighted by atomic mass is 10.1. The summed E-state index contributed by atoms with van der Waals surface area (Å²) in [5.41, 5.74) is 8.84. The number of aromatic nitrogens is 3. The molecule has 0 radical (unpaired) electrons. The highest BCUT2D eigenvalue weighted by Crippen LogP contribution is 2.26. The van der Waals surface area contributed by atoms with E-state index in [-0.39, 0.29) is 11.9 Å². The van der Waals surface area contributed by atoms with Gasteiger partial charge in [0.05, 0.1) is 30.3 Å². The molecule has 144 valence electrons. The number of hydrogen-bond acceptors (Lipinski definition) is 7. The summed E-state index contributed by atoms with van der Waals surface area (Å²) < 4.78 is 5.49. The Morgan fingerprint density at radius 2 is 2.11 bits per heavy atom. The van der Waals surface area contributed by atoms with Crippen LogP contribution in [-0.2, 0) is 4.74 Å². The molecule has 0 unspecified atom stereocenters. The fraction of sp³-hybridized carbons (Fsp3) is 0.300. The van der Waals surface area contributed by atoms with Crippen molar-refractivity contribution in [2.24, 2.45) is 0 Å². The van der Waals surface area contributed by atoms with Gasteiger partial charge in [-0.25, -0.2) is 4.98 Å². The van der Waals surface area contributed by atoms with E-state index in [1.807, 2.05) is 30.3 Å². The molecule has 1 aliphatic rings. The van der Waals surface area contributed by atoms with Crippen LogP contribution in [0.3, 0.4) is 0 Å². The molecule has 3 N–H and O–H groups in total. The molecule has 4 rings (SSSR count). The number of morpholine rings is 1. The van der Waals surface area contributed by atoms with Gasteiger partial charge in [-0.1, -0.05) is 12.1 Å². The predicted octanol–water partition coefficient (Wildman–Crippen LogP) is 1.86. The molecule has 0 bridgehead atoms. The van der Waals surface area contributed by atoms with E-state index in [0.29, 0.717) is 48.1 Å². The Kier molecular flexibility index (Phi) is 4.79. The minimum atomic E-state index is -0.141.